The molecule has 200 valence electrons. The minimum atomic E-state index is -0.360. The van der Waals surface area contributed by atoms with E-state index in [0.717, 1.165) is 29.5 Å². The van der Waals surface area contributed by atoms with Crippen molar-refractivity contribution in [2.45, 2.75) is 46.5 Å². The van der Waals surface area contributed by atoms with Crippen LogP contribution in [0.2, 0.25) is 0 Å². The fourth-order valence-corrected chi connectivity index (χ4v) is 5.50. The van der Waals surface area contributed by atoms with Crippen molar-refractivity contribution >= 4 is 23.2 Å². The molecular formula is C32H38FN3O2. The van der Waals surface area contributed by atoms with Gasteiger partial charge in [-0.05, 0) is 81.8 Å². The summed E-state index contributed by atoms with van der Waals surface area (Å²) in [6.45, 7) is 10.6. The number of carbonyl (C=O) groups excluding carboxylic acids is 2. The molecule has 0 bridgehead atoms. The van der Waals surface area contributed by atoms with Gasteiger partial charge in [-0.1, -0.05) is 48.0 Å². The number of anilines is 2. The van der Waals surface area contributed by atoms with Crippen molar-refractivity contribution in [3.8, 4) is 0 Å². The van der Waals surface area contributed by atoms with E-state index in [1.54, 1.807) is 12.1 Å². The maximum absolute atomic E-state index is 15.2. The van der Waals surface area contributed by atoms with Crippen molar-refractivity contribution in [2.24, 2.45) is 5.92 Å². The average molecular weight is 516 g/mol. The Morgan fingerprint density at radius 1 is 0.974 bits per heavy atom. The smallest absolute Gasteiger partial charge is 0.255 e. The predicted octanol–water partition coefficient (Wildman–Crippen LogP) is 6.56. The Morgan fingerprint density at radius 3 is 2.29 bits per heavy atom. The number of piperidine rings is 1. The van der Waals surface area contributed by atoms with Gasteiger partial charge in [-0.3, -0.25) is 9.59 Å². The van der Waals surface area contributed by atoms with Gasteiger partial charge in [0.25, 0.3) is 5.91 Å². The molecule has 1 atom stereocenters. The normalized spacial score (nSPS) is 14.7. The molecule has 2 amide bonds. The van der Waals surface area contributed by atoms with Crippen LogP contribution in [0.25, 0.3) is 0 Å². The zero-order valence-electron chi connectivity index (χ0n) is 22.8. The number of likely N-dealkylation sites (N-methyl/N-ethyl adjacent to an activating group) is 1. The van der Waals surface area contributed by atoms with Crippen molar-refractivity contribution in [3.05, 3.63) is 94.8 Å². The fraction of sp³-hybridized carbons (Fsp3) is 0.375. The lowest BCUT2D eigenvalue weighted by atomic mass is 9.79. The molecule has 3 aromatic rings. The lowest BCUT2D eigenvalue weighted by Gasteiger charge is -2.38. The summed E-state index contributed by atoms with van der Waals surface area (Å²) in [5.74, 6) is -0.425. The van der Waals surface area contributed by atoms with Crippen LogP contribution >= 0.6 is 0 Å². The first-order valence-corrected chi connectivity index (χ1v) is 13.6. The highest BCUT2D eigenvalue weighted by Crippen LogP contribution is 2.36. The highest BCUT2D eigenvalue weighted by molar-refractivity contribution is 6.05. The SMILES string of the molecule is CCN(CC)C(=O)C(c1ccccc1)C1CCN(c2ccc(NC(=O)c3cc(C)ccc3C)cc2F)CC1. The predicted molar refractivity (Wildman–Crippen MR) is 152 cm³/mol. The molecule has 0 saturated carbocycles. The van der Waals surface area contributed by atoms with E-state index in [1.807, 2.05) is 86.0 Å². The fourth-order valence-electron chi connectivity index (χ4n) is 5.50. The summed E-state index contributed by atoms with van der Waals surface area (Å²) in [5, 5.41) is 2.83. The molecule has 1 N–H and O–H groups in total. The molecule has 1 unspecified atom stereocenters. The molecule has 1 aliphatic heterocycles. The minimum absolute atomic E-state index is 0.176. The van der Waals surface area contributed by atoms with Crippen LogP contribution in [0, 0.1) is 25.6 Å². The average Bonchev–Trinajstić information content (AvgIpc) is 2.92. The number of benzene rings is 3. The number of rotatable bonds is 8. The van der Waals surface area contributed by atoms with Gasteiger partial charge in [0, 0.05) is 37.4 Å². The van der Waals surface area contributed by atoms with E-state index in [4.69, 9.17) is 0 Å². The molecule has 5 nitrogen and oxygen atoms in total. The molecule has 4 rings (SSSR count). The number of hydrogen-bond acceptors (Lipinski definition) is 3. The minimum Gasteiger partial charge on any atom is -0.369 e. The van der Waals surface area contributed by atoms with Gasteiger partial charge in [0.05, 0.1) is 11.6 Å². The number of aryl methyl sites for hydroxylation is 2. The summed E-state index contributed by atoms with van der Waals surface area (Å²) in [4.78, 5) is 30.2. The van der Waals surface area contributed by atoms with Crippen LogP contribution in [-0.4, -0.2) is 42.9 Å². The number of amides is 2. The van der Waals surface area contributed by atoms with E-state index >= 15 is 4.39 Å². The molecule has 0 aliphatic carbocycles. The third-order valence-corrected chi connectivity index (χ3v) is 7.69. The molecule has 6 heteroatoms. The molecule has 1 aliphatic rings. The van der Waals surface area contributed by atoms with Crippen LogP contribution in [0.5, 0.6) is 0 Å². The maximum atomic E-state index is 15.2. The molecule has 0 aromatic heterocycles. The topological polar surface area (TPSA) is 52.7 Å². The zero-order valence-corrected chi connectivity index (χ0v) is 22.8. The quantitative estimate of drug-likeness (QED) is 0.369. The number of nitrogens with zero attached hydrogens (tertiary/aromatic N) is 2. The molecular weight excluding hydrogens is 477 g/mol. The zero-order chi connectivity index (χ0) is 27.2. The van der Waals surface area contributed by atoms with Crippen molar-refractivity contribution in [1.29, 1.82) is 0 Å². The summed E-state index contributed by atoms with van der Waals surface area (Å²) < 4.78 is 15.2. The molecule has 0 radical (unpaired) electrons. The second kappa shape index (κ2) is 12.2. The molecule has 1 fully saturated rings. The van der Waals surface area contributed by atoms with E-state index in [2.05, 4.69) is 5.32 Å². The second-order valence-electron chi connectivity index (χ2n) is 10.2. The Kier molecular flexibility index (Phi) is 8.82. The van der Waals surface area contributed by atoms with Gasteiger partial charge < -0.3 is 15.1 Å². The van der Waals surface area contributed by atoms with Gasteiger partial charge in [-0.15, -0.1) is 0 Å². The first kappa shape index (κ1) is 27.4. The summed E-state index contributed by atoms with van der Waals surface area (Å²) in [6.07, 6.45) is 1.61. The molecule has 0 spiro atoms. The van der Waals surface area contributed by atoms with Gasteiger partial charge in [-0.25, -0.2) is 4.39 Å². The Labute approximate surface area is 225 Å². The monoisotopic (exact) mass is 515 g/mol. The summed E-state index contributed by atoms with van der Waals surface area (Å²) in [5.41, 5.74) is 4.47. The highest BCUT2D eigenvalue weighted by Gasteiger charge is 2.35. The Bertz CT molecular complexity index is 1260. The third-order valence-electron chi connectivity index (χ3n) is 7.69. The molecule has 1 saturated heterocycles. The number of nitrogens with one attached hydrogen (secondary N) is 1. The van der Waals surface area contributed by atoms with E-state index in [0.29, 0.717) is 43.1 Å². The second-order valence-corrected chi connectivity index (χ2v) is 10.2. The van der Waals surface area contributed by atoms with E-state index in [-0.39, 0.29) is 29.5 Å². The van der Waals surface area contributed by atoms with Gasteiger partial charge in [-0.2, -0.15) is 0 Å². The van der Waals surface area contributed by atoms with Crippen LogP contribution in [0.15, 0.2) is 66.7 Å². The van der Waals surface area contributed by atoms with Crippen LogP contribution in [0.1, 0.15) is 59.7 Å². The van der Waals surface area contributed by atoms with Crippen LogP contribution in [0.3, 0.4) is 0 Å². The Hall–Kier alpha value is -3.67. The molecule has 38 heavy (non-hydrogen) atoms. The van der Waals surface area contributed by atoms with Crippen molar-refractivity contribution in [1.82, 2.24) is 4.90 Å². The van der Waals surface area contributed by atoms with Gasteiger partial charge in [0.1, 0.15) is 5.82 Å². The van der Waals surface area contributed by atoms with Crippen LogP contribution in [-0.2, 0) is 4.79 Å². The summed E-state index contributed by atoms with van der Waals surface area (Å²) in [6, 6.07) is 20.6. The van der Waals surface area contributed by atoms with Crippen molar-refractivity contribution < 1.29 is 14.0 Å². The van der Waals surface area contributed by atoms with Gasteiger partial charge in [0.2, 0.25) is 5.91 Å². The lowest BCUT2D eigenvalue weighted by molar-refractivity contribution is -0.134. The van der Waals surface area contributed by atoms with Gasteiger partial charge >= 0.3 is 0 Å². The number of hydrogen-bond donors (Lipinski definition) is 1. The molecule has 3 aromatic carbocycles. The van der Waals surface area contributed by atoms with Crippen LogP contribution in [0.4, 0.5) is 15.8 Å². The summed E-state index contributed by atoms with van der Waals surface area (Å²) >= 11 is 0. The van der Waals surface area contributed by atoms with Crippen LogP contribution < -0.4 is 10.2 Å². The highest BCUT2D eigenvalue weighted by atomic mass is 19.1. The first-order chi connectivity index (χ1) is 18.3. The maximum Gasteiger partial charge on any atom is 0.255 e. The molecule has 1 heterocycles. The third kappa shape index (κ3) is 6.07. The number of halogens is 1. The number of carbonyl (C=O) groups is 2. The largest absolute Gasteiger partial charge is 0.369 e. The van der Waals surface area contributed by atoms with Crippen molar-refractivity contribution in [3.63, 3.8) is 0 Å². The van der Waals surface area contributed by atoms with E-state index in [1.165, 1.54) is 6.07 Å². The van der Waals surface area contributed by atoms with E-state index < -0.39 is 0 Å². The van der Waals surface area contributed by atoms with E-state index in [9.17, 15) is 9.59 Å². The Morgan fingerprint density at radius 2 is 1.66 bits per heavy atom. The lowest BCUT2D eigenvalue weighted by Crippen LogP contribution is -2.42. The first-order valence-electron chi connectivity index (χ1n) is 13.6. The van der Waals surface area contributed by atoms with Crippen molar-refractivity contribution in [2.75, 3.05) is 36.4 Å². The Balaban J connectivity index is 1.45. The van der Waals surface area contributed by atoms with Gasteiger partial charge in [0.15, 0.2) is 0 Å². The standard InChI is InChI=1S/C32H38FN3O2/c1-5-35(6-2)32(38)30(24-10-8-7-9-11-24)25-16-18-36(19-17-25)29-15-14-26(21-28(29)33)34-31(37)27-20-22(3)12-13-23(27)4/h7-15,20-21,25,30H,5-6,16-19H2,1-4H3,(H,34,37). The summed E-state index contributed by atoms with van der Waals surface area (Å²) in [7, 11) is 0.